The van der Waals surface area contributed by atoms with E-state index in [0.29, 0.717) is 11.4 Å². The van der Waals surface area contributed by atoms with E-state index in [9.17, 15) is 14.7 Å². The van der Waals surface area contributed by atoms with Gasteiger partial charge in [-0.3, -0.25) is 14.2 Å². The van der Waals surface area contributed by atoms with Crippen LogP contribution in [0.3, 0.4) is 0 Å². The van der Waals surface area contributed by atoms with Crippen molar-refractivity contribution in [1.29, 1.82) is 0 Å². The number of nitrogens with zero attached hydrogens (tertiary/aromatic N) is 2. The van der Waals surface area contributed by atoms with Crippen LogP contribution in [0.25, 0.3) is 11.4 Å². The average Bonchev–Trinajstić information content (AvgIpc) is 2.68. The van der Waals surface area contributed by atoms with Crippen molar-refractivity contribution in [2.75, 3.05) is 0 Å². The van der Waals surface area contributed by atoms with Crippen molar-refractivity contribution in [3.05, 3.63) is 81.3 Å². The van der Waals surface area contributed by atoms with Crippen molar-refractivity contribution in [2.45, 2.75) is 20.4 Å². The predicted octanol–water partition coefficient (Wildman–Crippen LogP) is 2.70. The Morgan fingerprint density at radius 1 is 1.11 bits per heavy atom. The van der Waals surface area contributed by atoms with Crippen LogP contribution in [0.4, 0.5) is 0 Å². The van der Waals surface area contributed by atoms with E-state index in [0.717, 1.165) is 11.1 Å². The fourth-order valence-corrected chi connectivity index (χ4v) is 2.77. The second kappa shape index (κ2) is 7.45. The summed E-state index contributed by atoms with van der Waals surface area (Å²) < 4.78 is 1.23. The third-order valence-corrected chi connectivity index (χ3v) is 4.54. The number of aromatic hydroxyl groups is 1. The Labute approximate surface area is 157 Å². The smallest absolute Gasteiger partial charge is 0.296 e. The van der Waals surface area contributed by atoms with Crippen molar-refractivity contribution < 1.29 is 9.90 Å². The molecule has 27 heavy (non-hydrogen) atoms. The number of nitrogens with one attached hydrogen (secondary N) is 1. The van der Waals surface area contributed by atoms with Gasteiger partial charge in [-0.15, -0.1) is 0 Å². The van der Waals surface area contributed by atoms with E-state index in [-0.39, 0.29) is 12.2 Å². The molecule has 6 heteroatoms. The number of aryl methyl sites for hydroxylation is 2. The first-order valence-corrected chi connectivity index (χ1v) is 8.58. The van der Waals surface area contributed by atoms with E-state index >= 15 is 0 Å². The molecule has 1 heterocycles. The molecule has 1 amide bonds. The Hall–Kier alpha value is -3.41. The van der Waals surface area contributed by atoms with E-state index in [4.69, 9.17) is 0 Å². The largest absolute Gasteiger partial charge is 0.501 e. The van der Waals surface area contributed by atoms with Crippen LogP contribution in [0.5, 0.6) is 5.75 Å². The summed E-state index contributed by atoms with van der Waals surface area (Å²) in [5, 5.41) is 12.9. The Bertz CT molecular complexity index is 1060. The lowest BCUT2D eigenvalue weighted by molar-refractivity contribution is 0.0942. The van der Waals surface area contributed by atoms with Crippen LogP contribution in [0, 0.1) is 13.8 Å². The molecule has 0 unspecified atom stereocenters. The van der Waals surface area contributed by atoms with Gasteiger partial charge in [0.05, 0.1) is 0 Å². The second-order valence-electron chi connectivity index (χ2n) is 6.46. The van der Waals surface area contributed by atoms with Gasteiger partial charge >= 0.3 is 0 Å². The van der Waals surface area contributed by atoms with Gasteiger partial charge in [-0.1, -0.05) is 48.5 Å². The fourth-order valence-electron chi connectivity index (χ4n) is 2.77. The molecule has 3 aromatic rings. The fraction of sp³-hybridized carbons (Fsp3) is 0.190. The maximum Gasteiger partial charge on any atom is 0.296 e. The Morgan fingerprint density at radius 3 is 2.48 bits per heavy atom. The zero-order valence-electron chi connectivity index (χ0n) is 15.5. The summed E-state index contributed by atoms with van der Waals surface area (Å²) >= 11 is 0. The molecule has 6 nitrogen and oxygen atoms in total. The minimum atomic E-state index is -0.666. The summed E-state index contributed by atoms with van der Waals surface area (Å²) in [6, 6.07) is 14.9. The van der Waals surface area contributed by atoms with Crippen LogP contribution in [0.15, 0.2) is 53.3 Å². The van der Waals surface area contributed by atoms with Crippen LogP contribution in [0.2, 0.25) is 0 Å². The molecule has 138 valence electrons. The number of hydrogen-bond donors (Lipinski definition) is 2. The predicted molar refractivity (Wildman–Crippen MR) is 104 cm³/mol. The van der Waals surface area contributed by atoms with Gasteiger partial charge in [0.2, 0.25) is 5.75 Å². The molecule has 0 bridgehead atoms. The van der Waals surface area contributed by atoms with Gasteiger partial charge in [0.1, 0.15) is 5.82 Å². The first-order chi connectivity index (χ1) is 12.9. The van der Waals surface area contributed by atoms with E-state index in [1.165, 1.54) is 17.2 Å². The minimum Gasteiger partial charge on any atom is -0.501 e. The standard InChI is InChI=1S/C21H21N3O3/c1-13-9-10-15(11-14(13)2)12-22-20(26)17-18(25)21(27)24(3)19(23-17)16-7-5-4-6-8-16/h4-11,25H,12H2,1-3H3,(H,22,26). The van der Waals surface area contributed by atoms with Gasteiger partial charge in [-0.25, -0.2) is 4.98 Å². The molecule has 2 aromatic carbocycles. The lowest BCUT2D eigenvalue weighted by Crippen LogP contribution is -2.29. The molecule has 3 rings (SSSR count). The highest BCUT2D eigenvalue weighted by molar-refractivity contribution is 5.95. The van der Waals surface area contributed by atoms with Gasteiger partial charge in [0, 0.05) is 19.2 Å². The average molecular weight is 363 g/mol. The summed E-state index contributed by atoms with van der Waals surface area (Å²) in [5.41, 5.74) is 2.96. The molecule has 0 aliphatic heterocycles. The van der Waals surface area contributed by atoms with Crippen LogP contribution in [0.1, 0.15) is 27.2 Å². The van der Waals surface area contributed by atoms with Crippen LogP contribution in [-0.2, 0) is 13.6 Å². The summed E-state index contributed by atoms with van der Waals surface area (Å²) in [6.45, 7) is 4.29. The van der Waals surface area contributed by atoms with E-state index in [1.54, 1.807) is 12.1 Å². The maximum atomic E-state index is 12.6. The minimum absolute atomic E-state index is 0.275. The third-order valence-electron chi connectivity index (χ3n) is 4.54. The molecule has 0 saturated carbocycles. The zero-order chi connectivity index (χ0) is 19.6. The number of carbonyl (C=O) groups excluding carboxylic acids is 1. The van der Waals surface area contributed by atoms with Gasteiger partial charge in [0.25, 0.3) is 11.5 Å². The van der Waals surface area contributed by atoms with Crippen molar-refractivity contribution in [3.8, 4) is 17.1 Å². The highest BCUT2D eigenvalue weighted by Gasteiger charge is 2.20. The monoisotopic (exact) mass is 363 g/mol. The van der Waals surface area contributed by atoms with Crippen molar-refractivity contribution in [1.82, 2.24) is 14.9 Å². The highest BCUT2D eigenvalue weighted by atomic mass is 16.3. The molecule has 0 aliphatic carbocycles. The van der Waals surface area contributed by atoms with Gasteiger partial charge in [0.15, 0.2) is 5.69 Å². The first kappa shape index (κ1) is 18.4. The van der Waals surface area contributed by atoms with E-state index in [2.05, 4.69) is 10.3 Å². The third kappa shape index (κ3) is 3.74. The molecule has 0 atom stereocenters. The summed E-state index contributed by atoms with van der Waals surface area (Å²) in [6.07, 6.45) is 0. The molecular weight excluding hydrogens is 342 g/mol. The lowest BCUT2D eigenvalue weighted by atomic mass is 10.1. The number of aromatic nitrogens is 2. The number of hydrogen-bond acceptors (Lipinski definition) is 4. The summed E-state index contributed by atoms with van der Waals surface area (Å²) in [4.78, 5) is 29.1. The van der Waals surface area contributed by atoms with Crippen LogP contribution >= 0.6 is 0 Å². The molecule has 0 fully saturated rings. The number of rotatable bonds is 4. The molecular formula is C21H21N3O3. The second-order valence-corrected chi connectivity index (χ2v) is 6.46. The molecule has 0 radical (unpaired) electrons. The summed E-state index contributed by atoms with van der Waals surface area (Å²) in [5.74, 6) is -0.940. The van der Waals surface area contributed by atoms with Gasteiger partial charge in [-0.2, -0.15) is 0 Å². The molecule has 1 aromatic heterocycles. The molecule has 2 N–H and O–H groups in total. The van der Waals surface area contributed by atoms with Crippen LogP contribution < -0.4 is 10.9 Å². The Balaban J connectivity index is 1.91. The number of amides is 1. The maximum absolute atomic E-state index is 12.6. The topological polar surface area (TPSA) is 84.2 Å². The van der Waals surface area contributed by atoms with E-state index in [1.807, 2.05) is 50.2 Å². The number of carbonyl (C=O) groups is 1. The normalized spacial score (nSPS) is 10.6. The first-order valence-electron chi connectivity index (χ1n) is 8.58. The van der Waals surface area contributed by atoms with Gasteiger partial charge in [-0.05, 0) is 30.5 Å². The van der Waals surface area contributed by atoms with E-state index < -0.39 is 17.2 Å². The Kier molecular flexibility index (Phi) is 5.07. The quantitative estimate of drug-likeness (QED) is 0.746. The Morgan fingerprint density at radius 2 is 1.81 bits per heavy atom. The molecule has 0 aliphatic rings. The molecule has 0 spiro atoms. The van der Waals surface area contributed by atoms with Gasteiger partial charge < -0.3 is 10.4 Å². The lowest BCUT2D eigenvalue weighted by Gasteiger charge is -2.12. The van der Waals surface area contributed by atoms with Crippen molar-refractivity contribution >= 4 is 5.91 Å². The SMILES string of the molecule is Cc1ccc(CNC(=O)c2nc(-c3ccccc3)n(C)c(=O)c2O)cc1C. The zero-order valence-corrected chi connectivity index (χ0v) is 15.5. The van der Waals surface area contributed by atoms with Crippen molar-refractivity contribution in [2.24, 2.45) is 7.05 Å². The van der Waals surface area contributed by atoms with Crippen molar-refractivity contribution in [3.63, 3.8) is 0 Å². The number of benzene rings is 2. The molecule has 0 saturated heterocycles. The van der Waals surface area contributed by atoms with Crippen LogP contribution in [-0.4, -0.2) is 20.6 Å². The summed E-state index contributed by atoms with van der Waals surface area (Å²) in [7, 11) is 1.51. The highest BCUT2D eigenvalue weighted by Crippen LogP contribution is 2.19.